The first-order valence-electron chi connectivity index (χ1n) is 12.6. The van der Waals surface area contributed by atoms with Gasteiger partial charge >= 0.3 is 0 Å². The second-order valence-corrected chi connectivity index (χ2v) is 10.8. The van der Waals surface area contributed by atoms with Gasteiger partial charge in [0.25, 0.3) is 0 Å². The van der Waals surface area contributed by atoms with E-state index >= 15 is 0 Å². The third-order valence-corrected chi connectivity index (χ3v) is 7.84. The molecule has 0 spiro atoms. The Morgan fingerprint density at radius 2 is 1.88 bits per heavy atom. The molecule has 0 unspecified atom stereocenters. The van der Waals surface area contributed by atoms with Gasteiger partial charge in [0.15, 0.2) is 5.82 Å². The summed E-state index contributed by atoms with van der Waals surface area (Å²) in [4.78, 5) is 4.35. The van der Waals surface area contributed by atoms with Crippen molar-refractivity contribution in [1.29, 1.82) is 5.26 Å². The fraction of sp³-hybridized carbons (Fsp3) is 0.143. The van der Waals surface area contributed by atoms with Crippen LogP contribution >= 0.6 is 46.4 Å². The van der Waals surface area contributed by atoms with Gasteiger partial charge in [-0.1, -0.05) is 69.8 Å². The molecule has 40 heavy (non-hydrogen) atoms. The minimum Gasteiger partial charge on any atom is -0.373 e. The summed E-state index contributed by atoms with van der Waals surface area (Å²) >= 11 is 25.2. The number of anilines is 3. The molecule has 0 bridgehead atoms. The molecule has 0 radical (unpaired) electrons. The van der Waals surface area contributed by atoms with Crippen molar-refractivity contribution in [2.75, 3.05) is 10.6 Å². The Labute approximate surface area is 249 Å². The van der Waals surface area contributed by atoms with Crippen LogP contribution in [0, 0.1) is 17.1 Å². The molecule has 0 amide bonds. The van der Waals surface area contributed by atoms with Gasteiger partial charge in [-0.05, 0) is 48.7 Å². The summed E-state index contributed by atoms with van der Waals surface area (Å²) in [6.07, 6.45) is 5.07. The van der Waals surface area contributed by atoms with Gasteiger partial charge in [0.1, 0.15) is 11.8 Å². The Balaban J connectivity index is 1.50. The summed E-state index contributed by atoms with van der Waals surface area (Å²) in [7, 11) is 0. The first-order chi connectivity index (χ1) is 19.7. The normalized spacial score (nSPS) is 14.8. The summed E-state index contributed by atoms with van der Waals surface area (Å²) < 4.78 is 26.3. The van der Waals surface area contributed by atoms with Gasteiger partial charge in [-0.15, -0.1) is 5.10 Å². The van der Waals surface area contributed by atoms with Crippen molar-refractivity contribution in [3.05, 3.63) is 104 Å². The van der Waals surface area contributed by atoms with Crippen LogP contribution in [-0.2, 0) is 0 Å². The van der Waals surface area contributed by atoms with E-state index in [9.17, 15) is 11.0 Å². The molecule has 6 rings (SSSR count). The fourth-order valence-corrected chi connectivity index (χ4v) is 5.10. The first-order valence-corrected chi connectivity index (χ1v) is 13.6. The highest BCUT2D eigenvalue weighted by atomic mass is 35.5. The number of halogens is 5. The van der Waals surface area contributed by atoms with Crippen LogP contribution in [0.25, 0.3) is 10.9 Å². The molecule has 1 fully saturated rings. The Morgan fingerprint density at radius 3 is 2.62 bits per heavy atom. The molecule has 7 nitrogen and oxygen atoms in total. The van der Waals surface area contributed by atoms with E-state index in [1.54, 1.807) is 47.3 Å². The molecule has 2 N–H and O–H groups in total. The van der Waals surface area contributed by atoms with Crippen molar-refractivity contribution in [2.45, 2.75) is 24.9 Å². The molecule has 200 valence electrons. The lowest BCUT2D eigenvalue weighted by molar-refractivity contribution is 0.610. The van der Waals surface area contributed by atoms with Crippen LogP contribution in [0.2, 0.25) is 20.1 Å². The highest BCUT2D eigenvalue weighted by molar-refractivity contribution is 6.42. The van der Waals surface area contributed by atoms with Crippen molar-refractivity contribution >= 4 is 74.4 Å². The Bertz CT molecular complexity index is 1870. The van der Waals surface area contributed by atoms with Crippen LogP contribution in [0.4, 0.5) is 21.5 Å². The number of nitrogens with one attached hydrogen (secondary N) is 2. The number of aromatic nitrogens is 4. The van der Waals surface area contributed by atoms with Gasteiger partial charge < -0.3 is 10.6 Å². The first kappa shape index (κ1) is 25.4. The lowest BCUT2D eigenvalue weighted by Crippen LogP contribution is -2.14. The minimum atomic E-state index is -1.67. The molecule has 0 aliphatic heterocycles. The van der Waals surface area contributed by atoms with Crippen molar-refractivity contribution in [3.63, 3.8) is 0 Å². The average molecular weight is 614 g/mol. The Kier molecular flexibility index (Phi) is 6.82. The molecule has 2 aromatic heterocycles. The zero-order chi connectivity index (χ0) is 28.9. The molecular formula is C28H18Cl4FN7. The average Bonchev–Trinajstić information content (AvgIpc) is 3.69. The number of pyridine rings is 1. The maximum absolute atomic E-state index is 15.0. The second kappa shape index (κ2) is 10.8. The van der Waals surface area contributed by atoms with Crippen LogP contribution in [-0.4, -0.2) is 20.0 Å². The number of rotatable bonds is 7. The molecule has 1 aliphatic carbocycles. The van der Waals surface area contributed by atoms with E-state index in [0.29, 0.717) is 32.9 Å². The topological polar surface area (TPSA) is 91.5 Å². The molecule has 1 aliphatic rings. The number of nitriles is 1. The zero-order valence-electron chi connectivity index (χ0n) is 21.4. The van der Waals surface area contributed by atoms with Crippen molar-refractivity contribution in [3.8, 4) is 6.07 Å². The van der Waals surface area contributed by atoms with E-state index in [0.717, 1.165) is 12.8 Å². The fourth-order valence-electron chi connectivity index (χ4n) is 4.29. The maximum atomic E-state index is 15.0. The Morgan fingerprint density at radius 1 is 1.07 bits per heavy atom. The lowest BCUT2D eigenvalue weighted by atomic mass is 10.0. The van der Waals surface area contributed by atoms with E-state index in [1.165, 1.54) is 18.3 Å². The van der Waals surface area contributed by atoms with Gasteiger partial charge in [-0.3, -0.25) is 4.98 Å². The predicted octanol–water partition coefficient (Wildman–Crippen LogP) is 8.73. The van der Waals surface area contributed by atoms with E-state index < -0.39 is 11.8 Å². The molecule has 1 saturated carbocycles. The summed E-state index contributed by atoms with van der Waals surface area (Å²) in [5.41, 5.74) is 1.90. The zero-order valence-corrected chi connectivity index (χ0v) is 23.4. The molecule has 2 heterocycles. The van der Waals surface area contributed by atoms with E-state index in [2.05, 4.69) is 32.0 Å². The number of hydrogen-bond acceptors (Lipinski definition) is 6. The highest BCUT2D eigenvalue weighted by Gasteiger charge is 2.28. The SMILES string of the molecule is [2H][C@](Nc1cc(Cl)c2ncc(C#N)c(Nc3ccc(Cl)c(Cl)c3F)c2c1)(c1cn(C2CC2)nn1)c1ccccc1Cl. The van der Waals surface area contributed by atoms with Crippen LogP contribution < -0.4 is 10.6 Å². The van der Waals surface area contributed by atoms with E-state index in [-0.39, 0.29) is 38.0 Å². The van der Waals surface area contributed by atoms with Crippen LogP contribution in [0.5, 0.6) is 0 Å². The number of nitrogens with zero attached hydrogens (tertiary/aromatic N) is 5. The van der Waals surface area contributed by atoms with Crippen LogP contribution in [0.1, 0.15) is 43.1 Å². The van der Waals surface area contributed by atoms with Gasteiger partial charge in [0.2, 0.25) is 0 Å². The van der Waals surface area contributed by atoms with Crippen molar-refractivity contribution in [1.82, 2.24) is 20.0 Å². The van der Waals surface area contributed by atoms with Crippen molar-refractivity contribution in [2.24, 2.45) is 0 Å². The standard InChI is InChI=1S/C28H18Cl4FN7/c29-19-4-2-1-3-17(19)28(23-13-40(39-38-23)16-5-6-16)36-15-9-18-26(14(11-34)12-35-27(18)21(31)10-15)37-22-8-7-20(30)24(32)25(22)33/h1-4,7-10,12-13,16,28,36H,5-6H2,(H,35,37)/t28-/m1/s1/i28D. The third kappa shape index (κ3) is 5.02. The largest absolute Gasteiger partial charge is 0.373 e. The maximum Gasteiger partial charge on any atom is 0.166 e. The van der Waals surface area contributed by atoms with E-state index in [4.69, 9.17) is 46.4 Å². The number of benzene rings is 3. The second-order valence-electron chi connectivity index (χ2n) is 9.16. The van der Waals surface area contributed by atoms with Gasteiger partial charge in [0, 0.05) is 22.3 Å². The predicted molar refractivity (Wildman–Crippen MR) is 156 cm³/mol. The Hall–Kier alpha value is -3.61. The summed E-state index contributed by atoms with van der Waals surface area (Å²) in [6, 6.07) is 13.8. The summed E-state index contributed by atoms with van der Waals surface area (Å²) in [5, 5.41) is 25.4. The monoisotopic (exact) mass is 612 g/mol. The van der Waals surface area contributed by atoms with Gasteiger partial charge in [-0.25, -0.2) is 9.07 Å². The van der Waals surface area contributed by atoms with Crippen molar-refractivity contribution < 1.29 is 5.76 Å². The molecule has 12 heteroatoms. The molecule has 1 atom stereocenters. The highest BCUT2D eigenvalue weighted by Crippen LogP contribution is 2.40. The van der Waals surface area contributed by atoms with Gasteiger partial charge in [-0.2, -0.15) is 5.26 Å². The molecular weight excluding hydrogens is 595 g/mol. The van der Waals surface area contributed by atoms with Gasteiger partial charge in [0.05, 0.1) is 57.2 Å². The minimum absolute atomic E-state index is 0.000445. The molecule has 5 aromatic rings. The molecule has 3 aromatic carbocycles. The quantitative estimate of drug-likeness (QED) is 0.178. The van der Waals surface area contributed by atoms with Crippen LogP contribution in [0.3, 0.4) is 0 Å². The smallest absolute Gasteiger partial charge is 0.166 e. The van der Waals surface area contributed by atoms with Crippen LogP contribution in [0.15, 0.2) is 60.9 Å². The number of fused-ring (bicyclic) bond motifs is 1. The summed E-state index contributed by atoms with van der Waals surface area (Å²) in [6.45, 7) is 0. The molecule has 0 saturated heterocycles. The number of hydrogen-bond donors (Lipinski definition) is 2. The summed E-state index contributed by atoms with van der Waals surface area (Å²) in [5.74, 6) is -0.781. The lowest BCUT2D eigenvalue weighted by Gasteiger charge is -2.21. The van der Waals surface area contributed by atoms with E-state index in [1.807, 2.05) is 0 Å². The third-order valence-electron chi connectivity index (χ3n) is 6.44.